The van der Waals surface area contributed by atoms with Gasteiger partial charge in [0.25, 0.3) is 10.1 Å². The molecule has 0 radical (unpaired) electrons. The predicted molar refractivity (Wildman–Crippen MR) is 57.7 cm³/mol. The molecule has 1 N–H and O–H groups in total. The van der Waals surface area contributed by atoms with Crippen molar-refractivity contribution in [3.8, 4) is 0 Å². The van der Waals surface area contributed by atoms with Crippen LogP contribution in [0.1, 0.15) is 6.42 Å². The zero-order chi connectivity index (χ0) is 16.0. The van der Waals surface area contributed by atoms with Crippen LogP contribution in [0.15, 0.2) is 18.7 Å². The van der Waals surface area contributed by atoms with Crippen molar-refractivity contribution in [2.75, 3.05) is 5.75 Å². The minimum absolute atomic E-state index is 0.186. The average Bonchev–Trinajstić information content (AvgIpc) is 2.61. The number of aliphatic carboxylic acids is 1. The molecule has 1 aromatic rings. The van der Waals surface area contributed by atoms with Gasteiger partial charge in [-0.3, -0.25) is 4.55 Å². The highest BCUT2D eigenvalue weighted by Crippen LogP contribution is 2.11. The molecule has 1 rings (SSSR count). The van der Waals surface area contributed by atoms with Crippen molar-refractivity contribution in [3.63, 3.8) is 0 Å². The molecule has 0 aromatic carbocycles. The van der Waals surface area contributed by atoms with E-state index in [0.717, 1.165) is 0 Å². The Labute approximate surface area is 113 Å². The molecule has 0 aliphatic heterocycles. The van der Waals surface area contributed by atoms with Crippen molar-refractivity contribution in [2.24, 2.45) is 7.05 Å². The van der Waals surface area contributed by atoms with Gasteiger partial charge in [0.05, 0.1) is 19.3 Å². The minimum atomic E-state index is -5.19. The summed E-state index contributed by atoms with van der Waals surface area (Å²) in [5.41, 5.74) is 0. The van der Waals surface area contributed by atoms with E-state index in [9.17, 15) is 21.6 Å². The van der Waals surface area contributed by atoms with Crippen molar-refractivity contribution in [1.29, 1.82) is 0 Å². The lowest BCUT2D eigenvalue weighted by atomic mass is 10.5. The molecule has 116 valence electrons. The molecule has 1 aromatic heterocycles. The molecule has 1 heterocycles. The van der Waals surface area contributed by atoms with E-state index in [2.05, 4.69) is 0 Å². The topological polar surface area (TPSA) is 103 Å². The molecule has 7 nitrogen and oxygen atoms in total. The number of aryl methyl sites for hydroxylation is 2. The van der Waals surface area contributed by atoms with Crippen LogP contribution in [0.5, 0.6) is 0 Å². The van der Waals surface area contributed by atoms with Gasteiger partial charge in [-0.25, -0.2) is 9.13 Å². The number of aromatic nitrogens is 2. The van der Waals surface area contributed by atoms with E-state index >= 15 is 0 Å². The number of rotatable bonds is 4. The van der Waals surface area contributed by atoms with Crippen LogP contribution in [-0.2, 0) is 28.5 Å². The summed E-state index contributed by atoms with van der Waals surface area (Å²) in [6, 6.07) is 0. The lowest BCUT2D eigenvalue weighted by Gasteiger charge is -2.03. The first-order chi connectivity index (χ1) is 8.92. The van der Waals surface area contributed by atoms with E-state index in [1.54, 1.807) is 0 Å². The van der Waals surface area contributed by atoms with Gasteiger partial charge in [-0.1, -0.05) is 0 Å². The zero-order valence-electron chi connectivity index (χ0n) is 10.4. The first kappa shape index (κ1) is 18.4. The lowest BCUT2D eigenvalue weighted by Crippen LogP contribution is -2.37. The Kier molecular flexibility index (Phi) is 6.65. The smallest absolute Gasteiger partial charge is 0.430 e. The highest BCUT2D eigenvalue weighted by Gasteiger charge is 2.28. The Morgan fingerprint density at radius 3 is 2.25 bits per heavy atom. The molecule has 0 spiro atoms. The average molecular weight is 318 g/mol. The van der Waals surface area contributed by atoms with Gasteiger partial charge in [0.1, 0.15) is 18.4 Å². The number of nitrogens with zero attached hydrogens (tertiary/aromatic N) is 2. The Balaban J connectivity index is 0.000000441. The summed E-state index contributed by atoms with van der Waals surface area (Å²) in [6.45, 7) is 0.598. The van der Waals surface area contributed by atoms with E-state index in [1.165, 1.54) is 0 Å². The summed E-state index contributed by atoms with van der Waals surface area (Å²) in [7, 11) is -1.92. The highest BCUT2D eigenvalue weighted by molar-refractivity contribution is 7.85. The van der Waals surface area contributed by atoms with Gasteiger partial charge in [0, 0.05) is 6.42 Å². The summed E-state index contributed by atoms with van der Waals surface area (Å²) < 4.78 is 64.5. The van der Waals surface area contributed by atoms with Crippen molar-refractivity contribution in [2.45, 2.75) is 19.1 Å². The van der Waals surface area contributed by atoms with Crippen LogP contribution in [0.4, 0.5) is 13.2 Å². The second-order valence-corrected chi connectivity index (χ2v) is 5.31. The number of hydrogen-bond donors (Lipinski definition) is 1. The lowest BCUT2D eigenvalue weighted by molar-refractivity contribution is -0.671. The van der Waals surface area contributed by atoms with Crippen LogP contribution in [0.25, 0.3) is 0 Å². The maximum absolute atomic E-state index is 10.5. The van der Waals surface area contributed by atoms with Crippen LogP contribution in [0.3, 0.4) is 0 Å². The molecule has 0 saturated heterocycles. The van der Waals surface area contributed by atoms with Gasteiger partial charge in [-0.15, -0.1) is 0 Å². The largest absolute Gasteiger partial charge is 0.542 e. The maximum atomic E-state index is 10.5. The van der Waals surface area contributed by atoms with Crippen LogP contribution in [0, 0.1) is 0 Å². The van der Waals surface area contributed by atoms with Crippen LogP contribution in [-0.4, -0.2) is 35.4 Å². The molecule has 0 amide bonds. The third-order valence-corrected chi connectivity index (χ3v) is 2.68. The maximum Gasteiger partial charge on any atom is 0.430 e. The number of carbonyl (C=O) groups is 1. The molecular formula is C9H13F3N2O5S. The SMILES string of the molecule is C[n+]1ccn(CCCS(=O)(=O)O)c1.O=C([O-])C(F)(F)F. The Bertz CT molecular complexity index is 538. The van der Waals surface area contributed by atoms with E-state index in [0.29, 0.717) is 13.0 Å². The molecule has 0 unspecified atom stereocenters. The molecule has 0 saturated carbocycles. The zero-order valence-corrected chi connectivity index (χ0v) is 11.2. The van der Waals surface area contributed by atoms with Crippen LogP contribution >= 0.6 is 0 Å². The van der Waals surface area contributed by atoms with E-state index in [-0.39, 0.29) is 5.75 Å². The van der Waals surface area contributed by atoms with E-state index in [4.69, 9.17) is 14.5 Å². The van der Waals surface area contributed by atoms with Crippen molar-refractivity contribution < 1.29 is 40.6 Å². The van der Waals surface area contributed by atoms with Crippen LogP contribution < -0.4 is 9.67 Å². The number of hydrogen-bond acceptors (Lipinski definition) is 4. The Morgan fingerprint density at radius 2 is 1.95 bits per heavy atom. The fourth-order valence-corrected chi connectivity index (χ4v) is 1.56. The summed E-state index contributed by atoms with van der Waals surface area (Å²) in [5, 5.41) is 8.78. The van der Waals surface area contributed by atoms with E-state index < -0.39 is 22.3 Å². The second kappa shape index (κ2) is 7.24. The van der Waals surface area contributed by atoms with Gasteiger partial charge in [-0.2, -0.15) is 21.6 Å². The van der Waals surface area contributed by atoms with Gasteiger partial charge >= 0.3 is 6.18 Å². The molecule has 0 atom stereocenters. The third kappa shape index (κ3) is 9.33. The Hall–Kier alpha value is -1.62. The van der Waals surface area contributed by atoms with Crippen molar-refractivity contribution >= 4 is 16.1 Å². The first-order valence-corrected chi connectivity index (χ1v) is 6.77. The monoisotopic (exact) mass is 318 g/mol. The number of carbonyl (C=O) groups excluding carboxylic acids is 1. The molecule has 0 aliphatic carbocycles. The van der Waals surface area contributed by atoms with Gasteiger partial charge in [0.2, 0.25) is 6.33 Å². The Morgan fingerprint density at radius 1 is 1.45 bits per heavy atom. The number of carboxylic acid groups (broad SMARTS) is 1. The fraction of sp³-hybridized carbons (Fsp3) is 0.556. The molecule has 20 heavy (non-hydrogen) atoms. The third-order valence-electron chi connectivity index (χ3n) is 1.87. The van der Waals surface area contributed by atoms with Crippen molar-refractivity contribution in [1.82, 2.24) is 4.57 Å². The van der Waals surface area contributed by atoms with E-state index in [1.807, 2.05) is 34.9 Å². The first-order valence-electron chi connectivity index (χ1n) is 5.16. The standard InChI is InChI=1S/C7H12N2O3S.C2HF3O2/c1-8-4-5-9(7-8)3-2-6-13(10,11)12;3-2(4,5)1(6)7/h4-5,7H,2-3,6H2,1H3;(H,6,7). The number of halogens is 3. The van der Waals surface area contributed by atoms with Gasteiger partial charge in [-0.05, 0) is 0 Å². The molecule has 11 heteroatoms. The highest BCUT2D eigenvalue weighted by atomic mass is 32.2. The summed E-state index contributed by atoms with van der Waals surface area (Å²) in [4.78, 5) is 8.78. The van der Waals surface area contributed by atoms with Gasteiger partial charge in [0.15, 0.2) is 0 Å². The van der Waals surface area contributed by atoms with Gasteiger partial charge < -0.3 is 9.90 Å². The summed E-state index contributed by atoms with van der Waals surface area (Å²) >= 11 is 0. The molecule has 0 fully saturated rings. The number of imidazole rings is 1. The van der Waals surface area contributed by atoms with Crippen LogP contribution in [0.2, 0.25) is 0 Å². The molecule has 0 aliphatic rings. The van der Waals surface area contributed by atoms with Crippen molar-refractivity contribution in [3.05, 3.63) is 18.7 Å². The second-order valence-electron chi connectivity index (χ2n) is 3.74. The summed E-state index contributed by atoms with van der Waals surface area (Å²) in [5.74, 6) is -3.19. The normalized spacial score (nSPS) is 11.7. The predicted octanol–water partition coefficient (Wildman–Crippen LogP) is -1.11. The molecule has 0 bridgehead atoms. The number of alkyl halides is 3. The fourth-order valence-electron chi connectivity index (χ4n) is 1.06. The quantitative estimate of drug-likeness (QED) is 0.560. The number of carboxylic acids is 1. The minimum Gasteiger partial charge on any atom is -0.542 e. The molecular weight excluding hydrogens is 305 g/mol. The summed E-state index contributed by atoms with van der Waals surface area (Å²) in [6.07, 6.45) is 0.801.